The van der Waals surface area contributed by atoms with Crippen LogP contribution < -0.4 is 11.1 Å². The highest BCUT2D eigenvalue weighted by atomic mass is 16.2. The second-order valence-electron chi connectivity index (χ2n) is 5.31. The molecule has 0 aliphatic rings. The Hall–Kier alpha value is -1.43. The largest absolute Gasteiger partial charge is 0.326 e. The third-order valence-corrected chi connectivity index (χ3v) is 3.44. The molecule has 0 saturated carbocycles. The fourth-order valence-corrected chi connectivity index (χ4v) is 1.81. The molecule has 3 N–H and O–H groups in total. The lowest BCUT2D eigenvalue weighted by Crippen LogP contribution is -2.42. The van der Waals surface area contributed by atoms with Crippen LogP contribution in [0.15, 0.2) is 24.3 Å². The van der Waals surface area contributed by atoms with E-state index in [9.17, 15) is 4.79 Å². The highest BCUT2D eigenvalue weighted by molar-refractivity contribution is 5.95. The molecule has 1 aromatic rings. The van der Waals surface area contributed by atoms with E-state index in [1.807, 2.05) is 57.2 Å². The van der Waals surface area contributed by atoms with Crippen LogP contribution in [0.4, 0.5) is 5.69 Å². The van der Waals surface area contributed by atoms with Crippen molar-refractivity contribution in [1.82, 2.24) is 9.80 Å². The summed E-state index contributed by atoms with van der Waals surface area (Å²) in [7, 11) is 6.01. The molecule has 5 nitrogen and oxygen atoms in total. The Bertz CT molecular complexity index is 434. The fraction of sp³-hybridized carbons (Fsp3) is 0.533. The van der Waals surface area contributed by atoms with Gasteiger partial charge in [0.1, 0.15) is 0 Å². The smallest absolute Gasteiger partial charge is 0.241 e. The van der Waals surface area contributed by atoms with Crippen LogP contribution in [0.5, 0.6) is 0 Å². The van der Waals surface area contributed by atoms with Gasteiger partial charge in [0, 0.05) is 25.3 Å². The summed E-state index contributed by atoms with van der Waals surface area (Å²) in [5.74, 6) is -0.00726. The van der Waals surface area contributed by atoms with Gasteiger partial charge in [-0.15, -0.1) is 0 Å². The van der Waals surface area contributed by atoms with Gasteiger partial charge in [-0.2, -0.15) is 0 Å². The predicted molar refractivity (Wildman–Crippen MR) is 83.6 cm³/mol. The Morgan fingerprint density at radius 1 is 1.25 bits per heavy atom. The van der Waals surface area contributed by atoms with E-state index in [2.05, 4.69) is 10.2 Å². The first-order valence-electron chi connectivity index (χ1n) is 6.89. The highest BCUT2D eigenvalue weighted by Crippen LogP contribution is 2.14. The van der Waals surface area contributed by atoms with Crippen LogP contribution in [0, 0.1) is 0 Å². The number of hydrogen-bond acceptors (Lipinski definition) is 4. The highest BCUT2D eigenvalue weighted by Gasteiger charge is 2.18. The average Bonchev–Trinajstić information content (AvgIpc) is 2.44. The molecule has 1 amide bonds. The van der Waals surface area contributed by atoms with Crippen LogP contribution in [0.25, 0.3) is 0 Å². The number of hydrogen-bond donors (Lipinski definition) is 2. The minimum Gasteiger partial charge on any atom is -0.326 e. The third kappa shape index (κ3) is 4.92. The molecule has 0 spiro atoms. The van der Waals surface area contributed by atoms with Crippen LogP contribution in [0.2, 0.25) is 0 Å². The van der Waals surface area contributed by atoms with Crippen molar-refractivity contribution in [3.63, 3.8) is 0 Å². The van der Waals surface area contributed by atoms with Gasteiger partial charge in [0.15, 0.2) is 0 Å². The van der Waals surface area contributed by atoms with Crippen LogP contribution in [-0.2, 0) is 11.3 Å². The maximum Gasteiger partial charge on any atom is 0.241 e. The number of nitrogens with one attached hydrogen (secondary N) is 1. The summed E-state index contributed by atoms with van der Waals surface area (Å²) in [6.07, 6.45) is 0. The molecule has 0 saturated heterocycles. The molecule has 0 aliphatic heterocycles. The second kappa shape index (κ2) is 7.99. The fourth-order valence-electron chi connectivity index (χ4n) is 1.81. The van der Waals surface area contributed by atoms with Gasteiger partial charge in [-0.1, -0.05) is 18.2 Å². The molecule has 0 bridgehead atoms. The first-order chi connectivity index (χ1) is 9.45. The minimum absolute atomic E-state index is 0.00726. The molecule has 1 unspecified atom stereocenters. The van der Waals surface area contributed by atoms with Gasteiger partial charge < -0.3 is 16.0 Å². The summed E-state index contributed by atoms with van der Waals surface area (Å²) >= 11 is 0. The van der Waals surface area contributed by atoms with E-state index in [1.54, 1.807) is 0 Å². The number of carbonyl (C=O) groups is 1. The van der Waals surface area contributed by atoms with Crippen molar-refractivity contribution in [3.8, 4) is 0 Å². The van der Waals surface area contributed by atoms with E-state index in [0.717, 1.165) is 24.3 Å². The predicted octanol–water partition coefficient (Wildman–Crippen LogP) is 0.966. The topological polar surface area (TPSA) is 61.6 Å². The van der Waals surface area contributed by atoms with Crippen molar-refractivity contribution in [2.45, 2.75) is 19.5 Å². The van der Waals surface area contributed by atoms with Gasteiger partial charge in [0.05, 0.1) is 6.04 Å². The summed E-state index contributed by atoms with van der Waals surface area (Å²) in [6.45, 7) is 4.10. The summed E-state index contributed by atoms with van der Waals surface area (Å²) in [4.78, 5) is 16.4. The zero-order valence-corrected chi connectivity index (χ0v) is 12.9. The Morgan fingerprint density at radius 2 is 1.90 bits per heavy atom. The number of anilines is 1. The Balaban J connectivity index is 2.61. The molecule has 1 rings (SSSR count). The third-order valence-electron chi connectivity index (χ3n) is 3.44. The van der Waals surface area contributed by atoms with E-state index in [4.69, 9.17) is 5.73 Å². The zero-order valence-electron chi connectivity index (χ0n) is 12.9. The molecular formula is C15H26N4O. The van der Waals surface area contributed by atoms with Crippen molar-refractivity contribution in [3.05, 3.63) is 29.8 Å². The molecule has 20 heavy (non-hydrogen) atoms. The van der Waals surface area contributed by atoms with Crippen LogP contribution in [-0.4, -0.2) is 56.0 Å². The SMILES string of the molecule is CC(C(=O)Nc1ccccc1CN)N(C)CCN(C)C. The van der Waals surface area contributed by atoms with Gasteiger partial charge in [0.2, 0.25) is 5.91 Å². The maximum atomic E-state index is 12.3. The van der Waals surface area contributed by atoms with Crippen LogP contribution in [0.3, 0.4) is 0 Å². The number of carbonyl (C=O) groups excluding carboxylic acids is 1. The first-order valence-corrected chi connectivity index (χ1v) is 6.89. The number of para-hydroxylation sites is 1. The van der Waals surface area contributed by atoms with E-state index in [1.165, 1.54) is 0 Å². The van der Waals surface area contributed by atoms with Gasteiger partial charge in [-0.3, -0.25) is 9.69 Å². The summed E-state index contributed by atoms with van der Waals surface area (Å²) < 4.78 is 0. The molecule has 112 valence electrons. The molecule has 0 heterocycles. The quantitative estimate of drug-likeness (QED) is 0.780. The zero-order chi connectivity index (χ0) is 15.1. The first kappa shape index (κ1) is 16.6. The van der Waals surface area contributed by atoms with Gasteiger partial charge >= 0.3 is 0 Å². The summed E-state index contributed by atoms with van der Waals surface area (Å²) in [5.41, 5.74) is 7.42. The molecule has 0 aromatic heterocycles. The van der Waals surface area contributed by atoms with Crippen molar-refractivity contribution >= 4 is 11.6 Å². The van der Waals surface area contributed by atoms with Crippen molar-refractivity contribution in [2.75, 3.05) is 39.5 Å². The van der Waals surface area contributed by atoms with E-state index < -0.39 is 0 Å². The molecule has 1 atom stereocenters. The standard InChI is InChI=1S/C15H26N4O/c1-12(19(4)10-9-18(2)3)15(20)17-14-8-6-5-7-13(14)11-16/h5-8,12H,9-11,16H2,1-4H3,(H,17,20). The lowest BCUT2D eigenvalue weighted by atomic mass is 10.1. The van der Waals surface area contributed by atoms with Gasteiger partial charge in [-0.05, 0) is 39.7 Å². The lowest BCUT2D eigenvalue weighted by Gasteiger charge is -2.25. The molecule has 0 aliphatic carbocycles. The summed E-state index contributed by atoms with van der Waals surface area (Å²) in [6, 6.07) is 7.45. The lowest BCUT2D eigenvalue weighted by molar-refractivity contribution is -0.120. The Labute approximate surface area is 121 Å². The second-order valence-corrected chi connectivity index (χ2v) is 5.31. The number of nitrogens with zero attached hydrogens (tertiary/aromatic N) is 2. The molecule has 5 heteroatoms. The normalized spacial score (nSPS) is 12.8. The average molecular weight is 278 g/mol. The van der Waals surface area contributed by atoms with Crippen LogP contribution in [0.1, 0.15) is 12.5 Å². The number of rotatable bonds is 7. The molecule has 0 fully saturated rings. The maximum absolute atomic E-state index is 12.3. The number of benzene rings is 1. The molecule has 0 radical (unpaired) electrons. The van der Waals surface area contributed by atoms with E-state index in [0.29, 0.717) is 6.54 Å². The van der Waals surface area contributed by atoms with E-state index >= 15 is 0 Å². The molecular weight excluding hydrogens is 252 g/mol. The van der Waals surface area contributed by atoms with E-state index in [-0.39, 0.29) is 11.9 Å². The Kier molecular flexibility index (Phi) is 6.64. The van der Waals surface area contributed by atoms with Crippen LogP contribution >= 0.6 is 0 Å². The molecule has 1 aromatic carbocycles. The van der Waals surface area contributed by atoms with Gasteiger partial charge in [-0.25, -0.2) is 0 Å². The van der Waals surface area contributed by atoms with Gasteiger partial charge in [0.25, 0.3) is 0 Å². The summed E-state index contributed by atoms with van der Waals surface area (Å²) in [5, 5.41) is 2.96. The minimum atomic E-state index is -0.180. The number of likely N-dealkylation sites (N-methyl/N-ethyl adjacent to an activating group) is 2. The van der Waals surface area contributed by atoms with Crippen molar-refractivity contribution in [2.24, 2.45) is 5.73 Å². The monoisotopic (exact) mass is 278 g/mol. The van der Waals surface area contributed by atoms with Crippen molar-refractivity contribution in [1.29, 1.82) is 0 Å². The number of nitrogens with two attached hydrogens (primary N) is 1. The Morgan fingerprint density at radius 3 is 2.50 bits per heavy atom. The van der Waals surface area contributed by atoms with Crippen molar-refractivity contribution < 1.29 is 4.79 Å². The number of amides is 1.